The van der Waals surface area contributed by atoms with Gasteiger partial charge in [0.05, 0.1) is 11.0 Å². The van der Waals surface area contributed by atoms with Gasteiger partial charge in [-0.15, -0.1) is 11.3 Å². The highest BCUT2D eigenvalue weighted by Crippen LogP contribution is 2.37. The Hall–Kier alpha value is -1.63. The smallest absolute Gasteiger partial charge is 0.325 e. The zero-order valence-corrected chi connectivity index (χ0v) is 19.9. The van der Waals surface area contributed by atoms with Crippen LogP contribution >= 0.6 is 18.9 Å². The van der Waals surface area contributed by atoms with Crippen molar-refractivity contribution >= 4 is 30.5 Å². The summed E-state index contributed by atoms with van der Waals surface area (Å²) in [5, 5.41) is 0. The topological polar surface area (TPSA) is 118 Å². The molecule has 0 saturated heterocycles. The highest BCUT2D eigenvalue weighted by Gasteiger charge is 2.24. The molecule has 0 aliphatic heterocycles. The van der Waals surface area contributed by atoms with Crippen molar-refractivity contribution in [3.63, 3.8) is 0 Å². The molecule has 0 bridgehead atoms. The van der Waals surface area contributed by atoms with E-state index in [1.165, 1.54) is 16.9 Å². The molecule has 0 fully saturated rings. The lowest BCUT2D eigenvalue weighted by molar-refractivity contribution is 0.0981. The minimum absolute atomic E-state index is 0.0599. The minimum atomic E-state index is -4.04. The molecular weight excluding hydrogens is 433 g/mol. The summed E-state index contributed by atoms with van der Waals surface area (Å²) in [7, 11) is -4.04. The number of carbonyl (C=O) groups is 2. The van der Waals surface area contributed by atoms with Gasteiger partial charge >= 0.3 is 7.60 Å². The van der Waals surface area contributed by atoms with Crippen LogP contribution in [-0.2, 0) is 17.4 Å². The summed E-state index contributed by atoms with van der Waals surface area (Å²) in [5.41, 5.74) is 7.39. The standard InChI is InChI=1S/C23H32NO5PS/c1-17(25)19-9-7-18(8-10-19)5-3-4-6-21(26)22-12-11-20(31-22)13-14-23(2,24)15-16-30(27,28)29/h7-12H,3-6,13-16,24H2,1-2H3,(H2,27,28,29). The van der Waals surface area contributed by atoms with Crippen molar-refractivity contribution in [2.45, 2.75) is 64.3 Å². The van der Waals surface area contributed by atoms with Gasteiger partial charge in [0.2, 0.25) is 0 Å². The largest absolute Gasteiger partial charge is 0.325 e. The molecule has 0 radical (unpaired) electrons. The van der Waals surface area contributed by atoms with Gasteiger partial charge in [0.15, 0.2) is 11.6 Å². The minimum Gasteiger partial charge on any atom is -0.325 e. The number of ketones is 2. The molecule has 1 aromatic heterocycles. The van der Waals surface area contributed by atoms with E-state index in [1.807, 2.05) is 36.4 Å². The van der Waals surface area contributed by atoms with Gasteiger partial charge in [0.25, 0.3) is 0 Å². The third-order valence-electron chi connectivity index (χ3n) is 5.33. The molecule has 0 amide bonds. The van der Waals surface area contributed by atoms with Crippen LogP contribution in [0.5, 0.6) is 0 Å². The fourth-order valence-electron chi connectivity index (χ4n) is 3.24. The molecule has 2 rings (SSSR count). The molecule has 6 nitrogen and oxygen atoms in total. The van der Waals surface area contributed by atoms with Crippen LogP contribution in [0.3, 0.4) is 0 Å². The number of hydrogen-bond donors (Lipinski definition) is 3. The predicted octanol–water partition coefficient (Wildman–Crippen LogP) is 4.76. The summed E-state index contributed by atoms with van der Waals surface area (Å²) in [6, 6.07) is 11.4. The number of thiophene rings is 1. The summed E-state index contributed by atoms with van der Waals surface area (Å²) < 4.78 is 11.0. The van der Waals surface area contributed by atoms with Gasteiger partial charge in [-0.25, -0.2) is 0 Å². The Kier molecular flexibility index (Phi) is 9.34. The van der Waals surface area contributed by atoms with Crippen LogP contribution < -0.4 is 5.73 Å². The van der Waals surface area contributed by atoms with Crippen molar-refractivity contribution in [3.05, 3.63) is 57.3 Å². The Bertz CT molecular complexity index is 930. The van der Waals surface area contributed by atoms with E-state index in [-0.39, 0.29) is 24.1 Å². The van der Waals surface area contributed by atoms with Gasteiger partial charge in [0, 0.05) is 22.4 Å². The van der Waals surface area contributed by atoms with Crippen LogP contribution in [0.25, 0.3) is 0 Å². The van der Waals surface area contributed by atoms with E-state index in [9.17, 15) is 14.2 Å². The molecule has 170 valence electrons. The van der Waals surface area contributed by atoms with E-state index >= 15 is 0 Å². The lowest BCUT2D eigenvalue weighted by Gasteiger charge is -2.24. The molecular formula is C23H32NO5PS. The van der Waals surface area contributed by atoms with Gasteiger partial charge in [-0.2, -0.15) is 0 Å². The van der Waals surface area contributed by atoms with Crippen LogP contribution in [0.1, 0.15) is 76.4 Å². The molecule has 0 aliphatic carbocycles. The van der Waals surface area contributed by atoms with Crippen LogP contribution in [0.4, 0.5) is 0 Å². The Morgan fingerprint density at radius 2 is 1.71 bits per heavy atom. The van der Waals surface area contributed by atoms with Gasteiger partial charge in [-0.1, -0.05) is 24.3 Å². The molecule has 4 N–H and O–H groups in total. The molecule has 1 aromatic carbocycles. The van der Waals surface area contributed by atoms with Crippen molar-refractivity contribution in [1.29, 1.82) is 0 Å². The molecule has 0 aliphatic rings. The second-order valence-corrected chi connectivity index (χ2v) is 11.4. The first kappa shape index (κ1) is 25.6. The van der Waals surface area contributed by atoms with E-state index in [1.54, 1.807) is 13.8 Å². The third-order valence-corrected chi connectivity index (χ3v) is 7.33. The molecule has 1 atom stereocenters. The molecule has 1 unspecified atom stereocenters. The average molecular weight is 466 g/mol. The highest BCUT2D eigenvalue weighted by atomic mass is 32.1. The van der Waals surface area contributed by atoms with Gasteiger partial charge in [-0.3, -0.25) is 14.2 Å². The van der Waals surface area contributed by atoms with E-state index in [2.05, 4.69) is 0 Å². The summed E-state index contributed by atoms with van der Waals surface area (Å²) in [4.78, 5) is 43.6. The first-order valence-corrected chi connectivity index (χ1v) is 13.1. The van der Waals surface area contributed by atoms with E-state index in [4.69, 9.17) is 15.5 Å². The maximum Gasteiger partial charge on any atom is 0.325 e. The van der Waals surface area contributed by atoms with Gasteiger partial charge in [0.1, 0.15) is 0 Å². The van der Waals surface area contributed by atoms with Crippen molar-refractivity contribution in [2.75, 3.05) is 6.16 Å². The number of benzene rings is 1. The summed E-state index contributed by atoms with van der Waals surface area (Å²) in [6.45, 7) is 3.35. The van der Waals surface area contributed by atoms with Crippen molar-refractivity contribution in [2.24, 2.45) is 5.73 Å². The van der Waals surface area contributed by atoms with Crippen LogP contribution in [-0.4, -0.2) is 33.1 Å². The molecule has 8 heteroatoms. The van der Waals surface area contributed by atoms with E-state index in [0.29, 0.717) is 24.8 Å². The normalized spacial score (nSPS) is 13.7. The van der Waals surface area contributed by atoms with Crippen molar-refractivity contribution < 1.29 is 23.9 Å². The average Bonchev–Trinajstić information content (AvgIpc) is 3.17. The SMILES string of the molecule is CC(=O)c1ccc(CCCCC(=O)c2ccc(CCC(C)(N)CCP(=O)(O)O)s2)cc1. The molecule has 0 spiro atoms. The van der Waals surface area contributed by atoms with E-state index < -0.39 is 13.1 Å². The second-order valence-electron chi connectivity index (χ2n) is 8.44. The zero-order valence-electron chi connectivity index (χ0n) is 18.2. The first-order chi connectivity index (χ1) is 14.5. The number of rotatable bonds is 13. The van der Waals surface area contributed by atoms with Gasteiger partial charge in [-0.05, 0) is 70.1 Å². The van der Waals surface area contributed by atoms with Gasteiger partial charge < -0.3 is 15.5 Å². The number of hydrogen-bond acceptors (Lipinski definition) is 5. The molecule has 31 heavy (non-hydrogen) atoms. The quantitative estimate of drug-likeness (QED) is 0.223. The monoisotopic (exact) mass is 465 g/mol. The number of aryl methyl sites for hydroxylation is 2. The number of nitrogens with two attached hydrogens (primary N) is 1. The summed E-state index contributed by atoms with van der Waals surface area (Å²) in [5.74, 6) is 0.199. The molecule has 1 heterocycles. The van der Waals surface area contributed by atoms with Crippen LogP contribution in [0.15, 0.2) is 36.4 Å². The fourth-order valence-corrected chi connectivity index (χ4v) is 5.02. The fraction of sp³-hybridized carbons (Fsp3) is 0.478. The number of Topliss-reactive ketones (excluding diaryl/α,β-unsaturated/α-hetero) is 2. The maximum atomic E-state index is 12.5. The van der Waals surface area contributed by atoms with Crippen molar-refractivity contribution in [1.82, 2.24) is 0 Å². The summed E-state index contributed by atoms with van der Waals surface area (Å²) in [6.07, 6.45) is 4.43. The Labute approximate surface area is 188 Å². The van der Waals surface area contributed by atoms with Crippen molar-refractivity contribution in [3.8, 4) is 0 Å². The number of carbonyl (C=O) groups excluding carboxylic acids is 2. The lowest BCUT2D eigenvalue weighted by Crippen LogP contribution is -2.37. The van der Waals surface area contributed by atoms with Crippen LogP contribution in [0.2, 0.25) is 0 Å². The predicted molar refractivity (Wildman–Crippen MR) is 125 cm³/mol. The molecule has 2 aromatic rings. The molecule has 0 saturated carbocycles. The van der Waals surface area contributed by atoms with Crippen LogP contribution in [0, 0.1) is 0 Å². The maximum absolute atomic E-state index is 12.5. The first-order valence-electron chi connectivity index (χ1n) is 10.5. The zero-order chi connectivity index (χ0) is 23.1. The Morgan fingerprint density at radius 3 is 2.32 bits per heavy atom. The lowest BCUT2D eigenvalue weighted by atomic mass is 9.94. The number of unbranched alkanes of at least 4 members (excludes halogenated alkanes) is 1. The Balaban J connectivity index is 1.73. The summed E-state index contributed by atoms with van der Waals surface area (Å²) >= 11 is 1.47. The third kappa shape index (κ3) is 9.58. The van der Waals surface area contributed by atoms with E-state index in [0.717, 1.165) is 29.0 Å². The highest BCUT2D eigenvalue weighted by molar-refractivity contribution is 7.51. The second kappa shape index (κ2) is 11.3. The Morgan fingerprint density at radius 1 is 1.03 bits per heavy atom.